The van der Waals surface area contributed by atoms with Crippen molar-refractivity contribution in [2.24, 2.45) is 17.6 Å². The number of halogens is 2. The Balaban J connectivity index is 0.000000225. The lowest BCUT2D eigenvalue weighted by atomic mass is 9.88. The number of carbonyl (C=O) groups excluding carboxylic acids is 3. The normalized spacial score (nSPS) is 14.7. The van der Waals surface area contributed by atoms with Crippen LogP contribution in [-0.4, -0.2) is 56.2 Å². The summed E-state index contributed by atoms with van der Waals surface area (Å²) in [4.78, 5) is 43.9. The van der Waals surface area contributed by atoms with Gasteiger partial charge in [-0.05, 0) is 160 Å². The maximum absolute atomic E-state index is 12.9. The molecule has 2 N–H and O–H groups in total. The summed E-state index contributed by atoms with van der Waals surface area (Å²) in [6, 6.07) is 25.8. The van der Waals surface area contributed by atoms with Crippen molar-refractivity contribution in [1.29, 1.82) is 0 Å². The summed E-state index contributed by atoms with van der Waals surface area (Å²) >= 11 is 11.8. The maximum atomic E-state index is 12.9. The van der Waals surface area contributed by atoms with E-state index in [4.69, 9.17) is 28.9 Å². The van der Waals surface area contributed by atoms with E-state index >= 15 is 0 Å². The van der Waals surface area contributed by atoms with Crippen molar-refractivity contribution in [2.75, 3.05) is 43.5 Å². The quantitative estimate of drug-likeness (QED) is 0.166. The Hall–Kier alpha value is -4.01. The van der Waals surface area contributed by atoms with Gasteiger partial charge in [0.25, 0.3) is 11.8 Å². The molecule has 2 amide bonds. The van der Waals surface area contributed by atoms with E-state index in [1.165, 1.54) is 19.4 Å². The van der Waals surface area contributed by atoms with Crippen molar-refractivity contribution < 1.29 is 14.4 Å². The molecule has 0 atom stereocenters. The van der Waals surface area contributed by atoms with Crippen molar-refractivity contribution in [1.82, 2.24) is 4.90 Å². The lowest BCUT2D eigenvalue weighted by Crippen LogP contribution is -2.37. The molecule has 274 valence electrons. The fourth-order valence-corrected chi connectivity index (χ4v) is 6.94. The zero-order chi connectivity index (χ0) is 37.4. The average molecular weight is 742 g/mol. The van der Waals surface area contributed by atoms with Gasteiger partial charge < -0.3 is 20.4 Å². The predicted octanol–water partition coefficient (Wildman–Crippen LogP) is 8.93. The van der Waals surface area contributed by atoms with Crippen molar-refractivity contribution in [3.63, 3.8) is 0 Å². The number of benzene rings is 4. The second-order valence-corrected chi connectivity index (χ2v) is 15.0. The summed E-state index contributed by atoms with van der Waals surface area (Å²) in [7, 11) is 3.52. The number of rotatable bonds is 11. The Labute approximate surface area is 318 Å². The molecule has 0 unspecified atom stereocenters. The monoisotopic (exact) mass is 740 g/mol. The van der Waals surface area contributed by atoms with E-state index in [0.29, 0.717) is 39.9 Å². The second kappa shape index (κ2) is 18.2. The van der Waals surface area contributed by atoms with Crippen LogP contribution < -0.4 is 15.5 Å². The number of piperidine rings is 1. The molecule has 2 fully saturated rings. The maximum Gasteiger partial charge on any atom is 0.258 e. The minimum atomic E-state index is -0.0593. The third-order valence-electron chi connectivity index (χ3n) is 10.3. The SMILES string of the molecule is Cc1cc(C(=O)N(C)c2ccc(Cl)cc2)ccc1CCC(=O)C1CCN(CC2CC2)CC1.Cc1cc(C(=O)N(C)c2ccc(Cl)cc2)ccc1CN. The number of carbonyl (C=O) groups is 3. The molecule has 2 aliphatic rings. The molecule has 1 aliphatic heterocycles. The number of likely N-dealkylation sites (tertiary alicyclic amines) is 1. The molecule has 1 heterocycles. The van der Waals surface area contributed by atoms with Crippen molar-refractivity contribution in [2.45, 2.75) is 58.9 Å². The van der Waals surface area contributed by atoms with Crippen LogP contribution in [0.2, 0.25) is 10.0 Å². The summed E-state index contributed by atoms with van der Waals surface area (Å²) in [5, 5.41) is 1.30. The lowest BCUT2D eigenvalue weighted by Gasteiger charge is -2.31. The molecular weight excluding hydrogens is 691 g/mol. The first-order valence-corrected chi connectivity index (χ1v) is 18.9. The van der Waals surface area contributed by atoms with E-state index in [1.54, 1.807) is 48.2 Å². The Morgan fingerprint density at radius 2 is 1.15 bits per heavy atom. The van der Waals surface area contributed by atoms with Gasteiger partial charge in [0, 0.05) is 72.1 Å². The van der Waals surface area contributed by atoms with Crippen molar-refractivity contribution in [3.05, 3.63) is 128 Å². The van der Waals surface area contributed by atoms with E-state index in [0.717, 1.165) is 71.9 Å². The van der Waals surface area contributed by atoms with Crippen LogP contribution in [-0.2, 0) is 17.8 Å². The summed E-state index contributed by atoms with van der Waals surface area (Å²) in [5.41, 5.74) is 12.8. The van der Waals surface area contributed by atoms with Crippen LogP contribution in [0.1, 0.15) is 75.1 Å². The number of amides is 2. The van der Waals surface area contributed by atoms with Gasteiger partial charge >= 0.3 is 0 Å². The average Bonchev–Trinajstić information content (AvgIpc) is 3.98. The molecule has 52 heavy (non-hydrogen) atoms. The summed E-state index contributed by atoms with van der Waals surface area (Å²) in [6.07, 6.45) is 6.13. The minimum absolute atomic E-state index is 0.0565. The van der Waals surface area contributed by atoms with Gasteiger partial charge in [-0.3, -0.25) is 14.4 Å². The van der Waals surface area contributed by atoms with E-state index in [-0.39, 0.29) is 17.7 Å². The molecule has 9 heteroatoms. The zero-order valence-corrected chi connectivity index (χ0v) is 32.2. The van der Waals surface area contributed by atoms with Crippen LogP contribution in [0.25, 0.3) is 0 Å². The summed E-state index contributed by atoms with van der Waals surface area (Å²) in [5.74, 6) is 1.43. The Kier molecular flexibility index (Phi) is 13.7. The minimum Gasteiger partial charge on any atom is -0.326 e. The van der Waals surface area contributed by atoms with Gasteiger partial charge in [-0.15, -0.1) is 0 Å². The van der Waals surface area contributed by atoms with Gasteiger partial charge in [0.05, 0.1) is 0 Å². The fourth-order valence-electron chi connectivity index (χ4n) is 6.68. The number of hydrogen-bond acceptors (Lipinski definition) is 5. The van der Waals surface area contributed by atoms with E-state index < -0.39 is 0 Å². The van der Waals surface area contributed by atoms with Crippen LogP contribution in [0.4, 0.5) is 11.4 Å². The molecule has 4 aromatic carbocycles. The van der Waals surface area contributed by atoms with Crippen molar-refractivity contribution >= 4 is 52.2 Å². The van der Waals surface area contributed by atoms with E-state index in [9.17, 15) is 14.4 Å². The first kappa shape index (κ1) is 39.2. The molecular formula is C43H50Cl2N4O3. The van der Waals surface area contributed by atoms with E-state index in [2.05, 4.69) is 4.90 Å². The highest BCUT2D eigenvalue weighted by atomic mass is 35.5. The van der Waals surface area contributed by atoms with Crippen LogP contribution in [0.5, 0.6) is 0 Å². The van der Waals surface area contributed by atoms with Gasteiger partial charge in [-0.25, -0.2) is 0 Å². The van der Waals surface area contributed by atoms with Gasteiger partial charge in [0.15, 0.2) is 0 Å². The van der Waals surface area contributed by atoms with Gasteiger partial charge in [-0.1, -0.05) is 35.3 Å². The highest BCUT2D eigenvalue weighted by Gasteiger charge is 2.29. The predicted molar refractivity (Wildman–Crippen MR) is 214 cm³/mol. The number of nitrogens with two attached hydrogens (primary N) is 1. The molecule has 0 spiro atoms. The molecule has 0 bridgehead atoms. The second-order valence-electron chi connectivity index (χ2n) is 14.2. The Bertz CT molecular complexity index is 1850. The molecule has 1 saturated heterocycles. The molecule has 0 radical (unpaired) electrons. The number of Topliss-reactive ketones (excluding diaryl/α,β-unsaturated/α-hetero) is 1. The van der Waals surface area contributed by atoms with Crippen LogP contribution in [0.3, 0.4) is 0 Å². The highest BCUT2D eigenvalue weighted by molar-refractivity contribution is 6.31. The standard InChI is InChI=1S/C27H33ClN2O2.C16H17ClN2O/c1-19-17-23(27(32)29(2)25-10-8-24(28)9-11-25)6-5-21(19)7-12-26(31)22-13-15-30(16-14-22)18-20-3-4-20;1-11-9-12(3-4-13(11)10-18)16(20)19(2)15-7-5-14(17)6-8-15/h5-6,8-11,17,20,22H,3-4,7,12-16,18H2,1-2H3;3-9H,10,18H2,1-2H3. The smallest absolute Gasteiger partial charge is 0.258 e. The first-order chi connectivity index (χ1) is 24.9. The van der Waals surface area contributed by atoms with E-state index in [1.807, 2.05) is 74.5 Å². The lowest BCUT2D eigenvalue weighted by molar-refractivity contribution is -0.124. The van der Waals surface area contributed by atoms with Gasteiger partial charge in [0.2, 0.25) is 0 Å². The third kappa shape index (κ3) is 10.5. The number of hydrogen-bond donors (Lipinski definition) is 1. The molecule has 1 aliphatic carbocycles. The Morgan fingerprint density at radius 1 is 0.692 bits per heavy atom. The Morgan fingerprint density at radius 3 is 1.58 bits per heavy atom. The van der Waals surface area contributed by atoms with Gasteiger partial charge in [0.1, 0.15) is 5.78 Å². The number of ketones is 1. The molecule has 7 nitrogen and oxygen atoms in total. The first-order valence-electron chi connectivity index (χ1n) is 18.1. The highest BCUT2D eigenvalue weighted by Crippen LogP contribution is 2.31. The van der Waals surface area contributed by atoms with Gasteiger partial charge in [-0.2, -0.15) is 0 Å². The molecule has 6 rings (SSSR count). The number of aryl methyl sites for hydroxylation is 3. The van der Waals surface area contributed by atoms with Crippen LogP contribution in [0.15, 0.2) is 84.9 Å². The fraction of sp³-hybridized carbons (Fsp3) is 0.372. The van der Waals surface area contributed by atoms with Crippen molar-refractivity contribution in [3.8, 4) is 0 Å². The number of anilines is 2. The topological polar surface area (TPSA) is 87.0 Å². The molecule has 4 aromatic rings. The zero-order valence-electron chi connectivity index (χ0n) is 30.7. The summed E-state index contributed by atoms with van der Waals surface area (Å²) in [6.45, 7) is 7.84. The summed E-state index contributed by atoms with van der Waals surface area (Å²) < 4.78 is 0. The number of nitrogens with zero attached hydrogens (tertiary/aromatic N) is 3. The third-order valence-corrected chi connectivity index (χ3v) is 10.8. The molecule has 0 aromatic heterocycles. The molecule has 1 saturated carbocycles. The van der Waals surface area contributed by atoms with Crippen LogP contribution >= 0.6 is 23.2 Å². The largest absolute Gasteiger partial charge is 0.326 e. The van der Waals surface area contributed by atoms with Crippen LogP contribution in [0, 0.1) is 25.7 Å².